The van der Waals surface area contributed by atoms with Gasteiger partial charge in [0, 0.05) is 32.3 Å². The fourth-order valence-corrected chi connectivity index (χ4v) is 5.47. The monoisotopic (exact) mass is 438 g/mol. The molecule has 2 aromatic carbocycles. The van der Waals surface area contributed by atoms with E-state index >= 15 is 0 Å². The average Bonchev–Trinajstić information content (AvgIpc) is 2.67. The maximum atomic E-state index is 12.9. The molecule has 5 nitrogen and oxygen atoms in total. The Morgan fingerprint density at radius 1 is 0.964 bits per heavy atom. The van der Waals surface area contributed by atoms with Crippen LogP contribution in [0, 0.1) is 6.92 Å². The Labute approximate surface area is 175 Å². The molecule has 0 spiro atoms. The van der Waals surface area contributed by atoms with E-state index in [1.807, 2.05) is 31.2 Å². The molecule has 28 heavy (non-hydrogen) atoms. The predicted molar refractivity (Wildman–Crippen MR) is 112 cm³/mol. The third-order valence-electron chi connectivity index (χ3n) is 4.56. The molecule has 0 radical (unpaired) electrons. The van der Waals surface area contributed by atoms with Crippen molar-refractivity contribution in [2.75, 3.05) is 26.2 Å². The minimum atomic E-state index is -3.82. The highest BCUT2D eigenvalue weighted by Crippen LogP contribution is 2.31. The molecule has 1 aliphatic heterocycles. The highest BCUT2D eigenvalue weighted by molar-refractivity contribution is 7.89. The normalized spacial score (nSPS) is 15.9. The molecule has 1 aliphatic rings. The Balaban J connectivity index is 1.65. The zero-order valence-corrected chi connectivity index (χ0v) is 17.6. The molecule has 8 heteroatoms. The summed E-state index contributed by atoms with van der Waals surface area (Å²) < 4.78 is 27.1. The molecule has 148 valence electrons. The van der Waals surface area contributed by atoms with Gasteiger partial charge in [-0.25, -0.2) is 8.42 Å². The van der Waals surface area contributed by atoms with Crippen molar-refractivity contribution in [1.82, 2.24) is 9.21 Å². The van der Waals surface area contributed by atoms with Gasteiger partial charge in [0.1, 0.15) is 4.90 Å². The molecule has 1 fully saturated rings. The lowest BCUT2D eigenvalue weighted by molar-refractivity contribution is -0.127. The largest absolute Gasteiger partial charge is 0.337 e. The summed E-state index contributed by atoms with van der Waals surface area (Å²) in [7, 11) is -3.82. The minimum absolute atomic E-state index is 0.0858. The van der Waals surface area contributed by atoms with Crippen LogP contribution in [0.25, 0.3) is 6.08 Å². The second kappa shape index (κ2) is 8.66. The summed E-state index contributed by atoms with van der Waals surface area (Å²) >= 11 is 12.1. The van der Waals surface area contributed by atoms with Crippen LogP contribution in [-0.4, -0.2) is 49.7 Å². The van der Waals surface area contributed by atoms with Gasteiger partial charge in [0.15, 0.2) is 0 Å². The van der Waals surface area contributed by atoms with E-state index in [9.17, 15) is 13.2 Å². The summed E-state index contributed by atoms with van der Waals surface area (Å²) in [6.07, 6.45) is 3.27. The van der Waals surface area contributed by atoms with Gasteiger partial charge < -0.3 is 4.90 Å². The highest BCUT2D eigenvalue weighted by atomic mass is 35.5. The fraction of sp³-hybridized carbons (Fsp3) is 0.250. The third-order valence-corrected chi connectivity index (χ3v) is 7.42. The quantitative estimate of drug-likeness (QED) is 0.681. The molecule has 0 aromatic heterocycles. The molecule has 1 saturated heterocycles. The number of rotatable bonds is 4. The van der Waals surface area contributed by atoms with Crippen molar-refractivity contribution in [3.63, 3.8) is 0 Å². The van der Waals surface area contributed by atoms with E-state index in [-0.39, 0.29) is 33.9 Å². The molecule has 0 saturated carbocycles. The van der Waals surface area contributed by atoms with Crippen LogP contribution in [0.4, 0.5) is 0 Å². The molecule has 1 amide bonds. The number of amides is 1. The summed E-state index contributed by atoms with van der Waals surface area (Å²) in [5.74, 6) is -0.145. The summed E-state index contributed by atoms with van der Waals surface area (Å²) in [4.78, 5) is 13.9. The Bertz CT molecular complexity index is 976. The first kappa shape index (κ1) is 20.9. The molecule has 0 unspecified atom stereocenters. The van der Waals surface area contributed by atoms with E-state index in [0.717, 1.165) is 11.1 Å². The number of hydrogen-bond acceptors (Lipinski definition) is 3. The van der Waals surface area contributed by atoms with Gasteiger partial charge in [-0.1, -0.05) is 59.1 Å². The van der Waals surface area contributed by atoms with Crippen LogP contribution < -0.4 is 0 Å². The Morgan fingerprint density at radius 3 is 2.11 bits per heavy atom. The van der Waals surface area contributed by atoms with Crippen molar-refractivity contribution >= 4 is 45.2 Å². The lowest BCUT2D eigenvalue weighted by Gasteiger charge is -2.33. The van der Waals surface area contributed by atoms with Crippen LogP contribution in [0.3, 0.4) is 0 Å². The second-order valence-corrected chi connectivity index (χ2v) is 9.21. The van der Waals surface area contributed by atoms with Gasteiger partial charge in [0.2, 0.25) is 15.9 Å². The van der Waals surface area contributed by atoms with Crippen LogP contribution in [0.5, 0.6) is 0 Å². The maximum Gasteiger partial charge on any atom is 0.246 e. The van der Waals surface area contributed by atoms with Gasteiger partial charge >= 0.3 is 0 Å². The van der Waals surface area contributed by atoms with Crippen molar-refractivity contribution in [3.05, 3.63) is 69.7 Å². The van der Waals surface area contributed by atoms with E-state index in [2.05, 4.69) is 0 Å². The topological polar surface area (TPSA) is 57.7 Å². The second-order valence-electron chi connectivity index (χ2n) is 6.52. The van der Waals surface area contributed by atoms with E-state index in [1.165, 1.54) is 22.5 Å². The van der Waals surface area contributed by atoms with Gasteiger partial charge in [-0.15, -0.1) is 0 Å². The molecule has 1 heterocycles. The number of benzene rings is 2. The number of sulfonamides is 1. The standard InChI is InChI=1S/C20H20Cl2N2O3S/c1-15-5-7-16(8-6-15)9-10-19(25)23-11-13-24(14-12-23)28(26,27)20-17(21)3-2-4-18(20)22/h2-10H,11-14H2,1H3/b10-9+. The van der Waals surface area contributed by atoms with Crippen molar-refractivity contribution in [3.8, 4) is 0 Å². The van der Waals surface area contributed by atoms with E-state index in [0.29, 0.717) is 13.1 Å². The van der Waals surface area contributed by atoms with Gasteiger partial charge in [0.05, 0.1) is 10.0 Å². The first-order chi connectivity index (χ1) is 13.3. The molecule has 0 atom stereocenters. The van der Waals surface area contributed by atoms with Crippen LogP contribution in [0.15, 0.2) is 53.4 Å². The number of carbonyl (C=O) groups is 1. The minimum Gasteiger partial charge on any atom is -0.337 e. The number of nitrogens with zero attached hydrogens (tertiary/aromatic N) is 2. The lowest BCUT2D eigenvalue weighted by atomic mass is 10.1. The van der Waals surface area contributed by atoms with Gasteiger partial charge in [0.25, 0.3) is 0 Å². The zero-order chi connectivity index (χ0) is 20.3. The number of halogens is 2. The van der Waals surface area contributed by atoms with Crippen molar-refractivity contribution in [1.29, 1.82) is 0 Å². The van der Waals surface area contributed by atoms with Gasteiger partial charge in [-0.05, 0) is 30.7 Å². The van der Waals surface area contributed by atoms with Crippen LogP contribution in [-0.2, 0) is 14.8 Å². The van der Waals surface area contributed by atoms with Crippen molar-refractivity contribution in [2.24, 2.45) is 0 Å². The average molecular weight is 439 g/mol. The molecule has 2 aromatic rings. The zero-order valence-electron chi connectivity index (χ0n) is 15.3. The SMILES string of the molecule is Cc1ccc(/C=C/C(=O)N2CCN(S(=O)(=O)c3c(Cl)cccc3Cl)CC2)cc1. The molecular formula is C20H20Cl2N2O3S. The molecule has 3 rings (SSSR count). The molecule has 0 bridgehead atoms. The van der Waals surface area contributed by atoms with Gasteiger partial charge in [-0.3, -0.25) is 4.79 Å². The van der Waals surface area contributed by atoms with Crippen molar-refractivity contribution < 1.29 is 13.2 Å². The predicted octanol–water partition coefficient (Wildman–Crippen LogP) is 3.85. The molecule has 0 N–H and O–H groups in total. The Kier molecular flexibility index (Phi) is 6.45. The number of carbonyl (C=O) groups excluding carboxylic acids is 1. The maximum absolute atomic E-state index is 12.9. The van der Waals surface area contributed by atoms with Crippen LogP contribution in [0.2, 0.25) is 10.0 Å². The number of aryl methyl sites for hydroxylation is 1. The smallest absolute Gasteiger partial charge is 0.246 e. The van der Waals surface area contributed by atoms with Crippen LogP contribution in [0.1, 0.15) is 11.1 Å². The summed E-state index contributed by atoms with van der Waals surface area (Å²) in [5, 5.41) is 0.180. The first-order valence-corrected chi connectivity index (χ1v) is 11.0. The van der Waals surface area contributed by atoms with E-state index in [1.54, 1.807) is 17.0 Å². The highest BCUT2D eigenvalue weighted by Gasteiger charge is 2.32. The molecule has 0 aliphatic carbocycles. The number of hydrogen-bond donors (Lipinski definition) is 0. The summed E-state index contributed by atoms with van der Waals surface area (Å²) in [6, 6.07) is 12.4. The van der Waals surface area contributed by atoms with Crippen LogP contribution >= 0.6 is 23.2 Å². The lowest BCUT2D eigenvalue weighted by Crippen LogP contribution is -2.50. The Hall–Kier alpha value is -1.86. The number of piperazine rings is 1. The van der Waals surface area contributed by atoms with E-state index in [4.69, 9.17) is 23.2 Å². The third kappa shape index (κ3) is 4.58. The Morgan fingerprint density at radius 2 is 1.54 bits per heavy atom. The summed E-state index contributed by atoms with van der Waals surface area (Å²) in [6.45, 7) is 2.99. The molecular weight excluding hydrogens is 419 g/mol. The fourth-order valence-electron chi connectivity index (χ4n) is 2.96. The first-order valence-electron chi connectivity index (χ1n) is 8.77. The van der Waals surface area contributed by atoms with Gasteiger partial charge in [-0.2, -0.15) is 4.31 Å². The van der Waals surface area contributed by atoms with E-state index < -0.39 is 10.0 Å². The van der Waals surface area contributed by atoms with Crippen molar-refractivity contribution in [2.45, 2.75) is 11.8 Å². The summed E-state index contributed by atoms with van der Waals surface area (Å²) in [5.41, 5.74) is 2.09.